The quantitative estimate of drug-likeness (QED) is 0.633. The highest BCUT2D eigenvalue weighted by molar-refractivity contribution is 6.33. The molecule has 2 N–H and O–H groups in total. The van der Waals surface area contributed by atoms with Crippen molar-refractivity contribution in [3.05, 3.63) is 23.2 Å². The fraction of sp³-hybridized carbons (Fsp3) is 0.143. The molecule has 0 heterocycles. The summed E-state index contributed by atoms with van der Waals surface area (Å²) in [6.07, 6.45) is 0. The van der Waals surface area contributed by atoms with Gasteiger partial charge in [0.1, 0.15) is 5.75 Å². The van der Waals surface area contributed by atoms with E-state index < -0.39 is 0 Å². The van der Waals surface area contributed by atoms with Crippen molar-refractivity contribution in [2.75, 3.05) is 12.8 Å². The number of hydrogen-bond acceptors (Lipinski definition) is 2. The van der Waals surface area contributed by atoms with Crippen molar-refractivity contribution in [2.45, 2.75) is 0 Å². The van der Waals surface area contributed by atoms with Crippen LogP contribution in [0.25, 0.3) is 0 Å². The highest BCUT2D eigenvalue weighted by atomic mass is 35.5. The zero-order valence-corrected chi connectivity index (χ0v) is 6.35. The molecule has 0 saturated carbocycles. The van der Waals surface area contributed by atoms with Crippen LogP contribution in [0.2, 0.25) is 5.02 Å². The Kier molecular flexibility index (Phi) is 2.02. The summed E-state index contributed by atoms with van der Waals surface area (Å²) in [5, 5.41) is 0.527. The van der Waals surface area contributed by atoms with Crippen LogP contribution in [0.4, 0.5) is 5.69 Å². The van der Waals surface area contributed by atoms with Crippen LogP contribution in [0.1, 0.15) is 0 Å². The minimum Gasteiger partial charge on any atom is -0.495 e. The molecular weight excluding hydrogens is 150 g/mol. The number of nitrogen functional groups attached to an aromatic ring is 1. The molecule has 0 atom stereocenters. The zero-order valence-electron chi connectivity index (χ0n) is 5.60. The summed E-state index contributed by atoms with van der Waals surface area (Å²) in [6.45, 7) is 0. The summed E-state index contributed by atoms with van der Waals surface area (Å²) < 4.78 is 4.92. The van der Waals surface area contributed by atoms with E-state index in [9.17, 15) is 0 Å². The van der Waals surface area contributed by atoms with E-state index in [1.165, 1.54) is 0 Å². The zero-order chi connectivity index (χ0) is 7.56. The summed E-state index contributed by atoms with van der Waals surface area (Å²) >= 11 is 5.69. The molecule has 0 unspecified atom stereocenters. The second kappa shape index (κ2) is 2.80. The van der Waals surface area contributed by atoms with Crippen molar-refractivity contribution in [1.29, 1.82) is 0 Å². The number of anilines is 1. The lowest BCUT2D eigenvalue weighted by Gasteiger charge is -2.03. The van der Waals surface area contributed by atoms with Crippen LogP contribution in [-0.2, 0) is 0 Å². The third-order valence-electron chi connectivity index (χ3n) is 1.23. The van der Waals surface area contributed by atoms with Gasteiger partial charge in [-0.1, -0.05) is 17.7 Å². The number of hydrogen-bond donors (Lipinski definition) is 1. The Morgan fingerprint density at radius 1 is 1.50 bits per heavy atom. The number of para-hydroxylation sites is 1. The molecular formula is C7H8ClNO. The lowest BCUT2D eigenvalue weighted by atomic mass is 10.3. The second-order valence-electron chi connectivity index (χ2n) is 1.86. The molecule has 1 aromatic rings. The maximum Gasteiger partial charge on any atom is 0.143 e. The van der Waals surface area contributed by atoms with E-state index in [1.54, 1.807) is 25.3 Å². The van der Waals surface area contributed by atoms with Gasteiger partial charge in [-0.05, 0) is 12.1 Å². The molecule has 3 heteroatoms. The number of nitrogens with two attached hydrogens (primary N) is 1. The van der Waals surface area contributed by atoms with Crippen LogP contribution in [0.15, 0.2) is 18.2 Å². The number of benzene rings is 1. The van der Waals surface area contributed by atoms with Gasteiger partial charge in [-0.25, -0.2) is 0 Å². The van der Waals surface area contributed by atoms with Gasteiger partial charge < -0.3 is 10.5 Å². The first-order valence-corrected chi connectivity index (χ1v) is 3.21. The third kappa shape index (κ3) is 1.16. The van der Waals surface area contributed by atoms with Crippen LogP contribution in [0.5, 0.6) is 5.75 Å². The minimum absolute atomic E-state index is 0.492. The highest BCUT2D eigenvalue weighted by Gasteiger charge is 2.00. The first kappa shape index (κ1) is 7.22. The molecule has 0 spiro atoms. The lowest BCUT2D eigenvalue weighted by Crippen LogP contribution is -1.91. The monoisotopic (exact) mass is 157 g/mol. The number of rotatable bonds is 1. The summed E-state index contributed by atoms with van der Waals surface area (Å²) in [5.41, 5.74) is 6.03. The molecule has 0 aliphatic rings. The van der Waals surface area contributed by atoms with Gasteiger partial charge in [-0.3, -0.25) is 0 Å². The third-order valence-corrected chi connectivity index (χ3v) is 1.56. The normalized spacial score (nSPS) is 9.40. The Hall–Kier alpha value is -0.890. The van der Waals surface area contributed by atoms with Crippen molar-refractivity contribution in [3.63, 3.8) is 0 Å². The largest absolute Gasteiger partial charge is 0.495 e. The Balaban J connectivity index is 3.14. The summed E-state index contributed by atoms with van der Waals surface area (Å²) in [7, 11) is 1.56. The van der Waals surface area contributed by atoms with Crippen molar-refractivity contribution in [1.82, 2.24) is 0 Å². The Morgan fingerprint density at radius 2 is 2.20 bits per heavy atom. The van der Waals surface area contributed by atoms with Crippen LogP contribution >= 0.6 is 11.6 Å². The van der Waals surface area contributed by atoms with E-state index in [4.69, 9.17) is 22.1 Å². The van der Waals surface area contributed by atoms with Crippen molar-refractivity contribution in [3.8, 4) is 5.75 Å². The molecule has 0 aliphatic carbocycles. The summed E-state index contributed by atoms with van der Waals surface area (Å²) in [5.74, 6) is 0.618. The molecule has 0 aliphatic heterocycles. The van der Waals surface area contributed by atoms with Gasteiger partial charge in [0, 0.05) is 0 Å². The minimum atomic E-state index is 0.492. The molecule has 0 saturated heterocycles. The molecule has 0 fully saturated rings. The fourth-order valence-corrected chi connectivity index (χ4v) is 0.861. The molecule has 0 amide bonds. The van der Waals surface area contributed by atoms with Gasteiger partial charge >= 0.3 is 0 Å². The molecule has 0 aromatic heterocycles. The van der Waals surface area contributed by atoms with E-state index in [2.05, 4.69) is 0 Å². The van der Waals surface area contributed by atoms with Gasteiger partial charge in [0.2, 0.25) is 0 Å². The average Bonchev–Trinajstić information content (AvgIpc) is 1.95. The van der Waals surface area contributed by atoms with Gasteiger partial charge in [0.05, 0.1) is 17.8 Å². The molecule has 0 bridgehead atoms. The van der Waals surface area contributed by atoms with Gasteiger partial charge in [0.15, 0.2) is 0 Å². The Bertz CT molecular complexity index is 237. The van der Waals surface area contributed by atoms with E-state index in [-0.39, 0.29) is 0 Å². The number of methoxy groups -OCH3 is 1. The van der Waals surface area contributed by atoms with E-state index in [0.717, 1.165) is 0 Å². The van der Waals surface area contributed by atoms with Crippen LogP contribution in [-0.4, -0.2) is 7.11 Å². The van der Waals surface area contributed by atoms with Gasteiger partial charge in [0.25, 0.3) is 0 Å². The molecule has 1 aromatic carbocycles. The number of ether oxygens (including phenoxy) is 1. The van der Waals surface area contributed by atoms with Crippen molar-refractivity contribution >= 4 is 17.3 Å². The van der Waals surface area contributed by atoms with E-state index >= 15 is 0 Å². The number of halogens is 1. The fourth-order valence-electron chi connectivity index (χ4n) is 0.695. The predicted molar refractivity (Wildman–Crippen MR) is 42.4 cm³/mol. The maximum absolute atomic E-state index is 5.69. The average molecular weight is 158 g/mol. The highest BCUT2D eigenvalue weighted by Crippen LogP contribution is 2.27. The van der Waals surface area contributed by atoms with Crippen molar-refractivity contribution in [2.24, 2.45) is 0 Å². The molecule has 54 valence electrons. The van der Waals surface area contributed by atoms with Crippen LogP contribution in [0.3, 0.4) is 0 Å². The topological polar surface area (TPSA) is 35.2 Å². The van der Waals surface area contributed by atoms with E-state index in [1.807, 2.05) is 0 Å². The Morgan fingerprint density at radius 3 is 2.70 bits per heavy atom. The lowest BCUT2D eigenvalue weighted by molar-refractivity contribution is 0.417. The molecule has 10 heavy (non-hydrogen) atoms. The van der Waals surface area contributed by atoms with Gasteiger partial charge in [-0.2, -0.15) is 0 Å². The predicted octanol–water partition coefficient (Wildman–Crippen LogP) is 1.93. The SMILES string of the molecule is COc1cccc(Cl)c1N. The van der Waals surface area contributed by atoms with Gasteiger partial charge in [-0.15, -0.1) is 0 Å². The summed E-state index contributed by atoms with van der Waals surface area (Å²) in [6, 6.07) is 5.28. The maximum atomic E-state index is 5.69. The molecule has 2 nitrogen and oxygen atoms in total. The second-order valence-corrected chi connectivity index (χ2v) is 2.26. The first-order valence-electron chi connectivity index (χ1n) is 2.83. The van der Waals surface area contributed by atoms with Crippen LogP contribution in [0, 0.1) is 0 Å². The molecule has 0 radical (unpaired) electrons. The first-order chi connectivity index (χ1) is 4.75. The standard InChI is InChI=1S/C7H8ClNO/c1-10-6-4-2-3-5(8)7(6)9/h2-4H,9H2,1H3. The smallest absolute Gasteiger partial charge is 0.143 e. The van der Waals surface area contributed by atoms with Crippen molar-refractivity contribution < 1.29 is 4.74 Å². The Labute approximate surface area is 64.6 Å². The van der Waals surface area contributed by atoms with E-state index in [0.29, 0.717) is 16.5 Å². The summed E-state index contributed by atoms with van der Waals surface area (Å²) in [4.78, 5) is 0. The van der Waals surface area contributed by atoms with Crippen LogP contribution < -0.4 is 10.5 Å². The molecule has 1 rings (SSSR count).